The molecule has 0 saturated carbocycles. The molecular formula is C19H17ClF6N4O3S. The fraction of sp³-hybridized carbons (Fsp3) is 0.368. The van der Waals surface area contributed by atoms with Crippen LogP contribution in [0.1, 0.15) is 15.9 Å². The predicted octanol–water partition coefficient (Wildman–Crippen LogP) is 4.81. The van der Waals surface area contributed by atoms with Gasteiger partial charge >= 0.3 is 12.4 Å². The summed E-state index contributed by atoms with van der Waals surface area (Å²) < 4.78 is 104. The minimum absolute atomic E-state index is 0.0222. The minimum Gasteiger partial charge on any atom is -0.366 e. The number of halogens is 7. The number of carbonyl (C=O) groups is 1. The van der Waals surface area contributed by atoms with Crippen molar-refractivity contribution in [2.75, 3.05) is 36.2 Å². The van der Waals surface area contributed by atoms with Gasteiger partial charge in [0.05, 0.1) is 44.7 Å². The van der Waals surface area contributed by atoms with Crippen molar-refractivity contribution in [3.63, 3.8) is 0 Å². The number of benzene rings is 1. The Morgan fingerprint density at radius 1 is 1.26 bits per heavy atom. The highest BCUT2D eigenvalue weighted by Crippen LogP contribution is 2.40. The molecule has 1 fully saturated rings. The Kier molecular flexibility index (Phi) is 7.06. The third-order valence-corrected chi connectivity index (χ3v) is 6.13. The summed E-state index contributed by atoms with van der Waals surface area (Å²) in [7, 11) is -3.24. The molecule has 34 heavy (non-hydrogen) atoms. The second-order valence-corrected chi connectivity index (χ2v) is 9.89. The number of rotatable bonds is 4. The van der Waals surface area contributed by atoms with Crippen LogP contribution < -0.4 is 10.2 Å². The van der Waals surface area contributed by atoms with E-state index in [4.69, 9.17) is 16.4 Å². The van der Waals surface area contributed by atoms with E-state index < -0.39 is 69.1 Å². The fourth-order valence-electron chi connectivity index (χ4n) is 3.19. The highest BCUT2D eigenvalue weighted by molar-refractivity contribution is 7.91. The largest absolute Gasteiger partial charge is 0.417 e. The van der Waals surface area contributed by atoms with Gasteiger partial charge in [-0.3, -0.25) is 4.79 Å². The number of amides is 1. The van der Waals surface area contributed by atoms with Crippen molar-refractivity contribution >= 4 is 38.6 Å². The van der Waals surface area contributed by atoms with Gasteiger partial charge in [-0.15, -0.1) is 0 Å². The molecule has 1 saturated heterocycles. The van der Waals surface area contributed by atoms with Gasteiger partial charge < -0.3 is 15.0 Å². The lowest BCUT2D eigenvalue weighted by molar-refractivity contribution is -0.221. The molecule has 1 aliphatic heterocycles. The minimum atomic E-state index is -4.92. The summed E-state index contributed by atoms with van der Waals surface area (Å²) in [6.45, 7) is -1.47. The average molecular weight is 531 g/mol. The smallest absolute Gasteiger partial charge is 0.366 e. The number of anilines is 2. The second-order valence-electron chi connectivity index (χ2n) is 7.37. The van der Waals surface area contributed by atoms with Crippen molar-refractivity contribution in [3.8, 4) is 0 Å². The molecule has 15 heteroatoms. The summed E-state index contributed by atoms with van der Waals surface area (Å²) in [5, 5.41) is 1.39. The van der Waals surface area contributed by atoms with Crippen LogP contribution in [0.2, 0.25) is 5.02 Å². The summed E-state index contributed by atoms with van der Waals surface area (Å²) in [4.78, 5) is 17.7. The van der Waals surface area contributed by atoms with Gasteiger partial charge in [0.1, 0.15) is 5.03 Å². The van der Waals surface area contributed by atoms with Crippen LogP contribution in [0, 0.1) is 4.78 Å². The molecule has 1 aliphatic rings. The monoisotopic (exact) mass is 530 g/mol. The fourth-order valence-corrected chi connectivity index (χ4v) is 4.07. The molecule has 0 radical (unpaired) electrons. The topological polar surface area (TPSA) is 95.4 Å². The summed E-state index contributed by atoms with van der Waals surface area (Å²) in [5.41, 5.74) is -2.13. The Morgan fingerprint density at radius 3 is 2.53 bits per heavy atom. The first-order valence-electron chi connectivity index (χ1n) is 9.42. The molecule has 2 aromatic rings. The molecule has 0 aliphatic carbocycles. The van der Waals surface area contributed by atoms with E-state index in [1.165, 1.54) is 12.3 Å². The van der Waals surface area contributed by atoms with Gasteiger partial charge in [0.25, 0.3) is 5.91 Å². The molecule has 2 atom stereocenters. The molecular weight excluding hydrogens is 514 g/mol. The average Bonchev–Trinajstić information content (AvgIpc) is 2.71. The summed E-state index contributed by atoms with van der Waals surface area (Å²) in [6.07, 6.45) is -9.69. The molecule has 186 valence electrons. The molecule has 0 unspecified atom stereocenters. The van der Waals surface area contributed by atoms with Crippen molar-refractivity contribution in [1.82, 2.24) is 4.98 Å². The van der Waals surface area contributed by atoms with Gasteiger partial charge in [-0.1, -0.05) is 11.6 Å². The lowest BCUT2D eigenvalue weighted by atomic mass is 10.0. The maximum Gasteiger partial charge on any atom is 0.417 e. The van der Waals surface area contributed by atoms with Crippen LogP contribution in [0.15, 0.2) is 35.5 Å². The first kappa shape index (κ1) is 26.0. The number of morpholine rings is 1. The number of nitrogens with zero attached hydrogens (tertiary/aromatic N) is 2. The number of nitrogens with one attached hydrogen (secondary N) is 2. The van der Waals surface area contributed by atoms with Crippen LogP contribution in [0.5, 0.6) is 0 Å². The van der Waals surface area contributed by atoms with E-state index in [-0.39, 0.29) is 17.3 Å². The third kappa shape index (κ3) is 5.91. The van der Waals surface area contributed by atoms with E-state index in [1.54, 1.807) is 0 Å². The quantitative estimate of drug-likeness (QED) is 0.553. The summed E-state index contributed by atoms with van der Waals surface area (Å²) in [5.74, 6) is -0.981. The molecule has 1 aromatic heterocycles. The van der Waals surface area contributed by atoms with Crippen molar-refractivity contribution < 1.29 is 40.1 Å². The van der Waals surface area contributed by atoms with Crippen LogP contribution >= 0.6 is 11.6 Å². The van der Waals surface area contributed by atoms with Crippen LogP contribution in [0.4, 0.5) is 37.7 Å². The van der Waals surface area contributed by atoms with Crippen molar-refractivity contribution in [3.05, 3.63) is 46.6 Å². The van der Waals surface area contributed by atoms with E-state index in [2.05, 4.69) is 15.0 Å². The zero-order valence-corrected chi connectivity index (χ0v) is 18.8. The SMILES string of the molecule is C[S@@](=N)(=O)c1cc(NC(=O)c2cc(Cl)c(C(F)(F)F)cc2N2CCO[C@H](C(F)(F)F)C2)ccn1. The molecule has 0 spiro atoms. The standard InChI is InChI=1S/C19H17ClF6N4O3S/c1-34(27,32)16-6-10(2-3-28-16)29-17(31)11-7-13(20)12(18(21,22)23)8-14(11)30-4-5-33-15(9-30)19(24,25)26/h2-3,6-8,15,27H,4-5,9H2,1H3,(H,28,29,31)/t15-,34+/m0/s1. The van der Waals surface area contributed by atoms with Gasteiger partial charge in [0, 0.05) is 24.7 Å². The van der Waals surface area contributed by atoms with E-state index in [1.807, 2.05) is 0 Å². The number of hydrogen-bond acceptors (Lipinski definition) is 6. The molecule has 0 bridgehead atoms. The Morgan fingerprint density at radius 2 is 1.94 bits per heavy atom. The van der Waals surface area contributed by atoms with Crippen LogP contribution in [0.3, 0.4) is 0 Å². The molecule has 1 aromatic carbocycles. The Balaban J connectivity index is 2.04. The Bertz CT molecular complexity index is 1200. The number of carbonyl (C=O) groups excluding carboxylic acids is 1. The predicted molar refractivity (Wildman–Crippen MR) is 112 cm³/mol. The Hall–Kier alpha value is -2.58. The Labute approximate surface area is 195 Å². The second kappa shape index (κ2) is 9.23. The van der Waals surface area contributed by atoms with Gasteiger partial charge in [-0.2, -0.15) is 26.3 Å². The molecule has 3 rings (SSSR count). The molecule has 2 N–H and O–H groups in total. The van der Waals surface area contributed by atoms with Crippen LogP contribution in [-0.2, 0) is 20.6 Å². The zero-order chi connectivity index (χ0) is 25.5. The van der Waals surface area contributed by atoms with Crippen LogP contribution in [-0.4, -0.2) is 53.3 Å². The lowest BCUT2D eigenvalue weighted by Gasteiger charge is -2.36. The first-order chi connectivity index (χ1) is 15.6. The van der Waals surface area contributed by atoms with Crippen molar-refractivity contribution in [2.24, 2.45) is 0 Å². The highest BCUT2D eigenvalue weighted by Gasteiger charge is 2.44. The maximum atomic E-state index is 13.4. The van der Waals surface area contributed by atoms with Gasteiger partial charge in [0.15, 0.2) is 6.10 Å². The van der Waals surface area contributed by atoms with E-state index >= 15 is 0 Å². The number of ether oxygens (including phenoxy) is 1. The third-order valence-electron chi connectivity index (χ3n) is 4.80. The van der Waals surface area contributed by atoms with Crippen molar-refractivity contribution in [1.29, 1.82) is 4.78 Å². The number of aromatic nitrogens is 1. The molecule has 1 amide bonds. The highest BCUT2D eigenvalue weighted by atomic mass is 35.5. The summed E-state index contributed by atoms with van der Waals surface area (Å²) >= 11 is 5.76. The number of alkyl halides is 6. The van der Waals surface area contributed by atoms with E-state index in [0.717, 1.165) is 23.3 Å². The molecule has 7 nitrogen and oxygen atoms in total. The lowest BCUT2D eigenvalue weighted by Crippen LogP contribution is -2.49. The van der Waals surface area contributed by atoms with Gasteiger partial charge in [-0.25, -0.2) is 14.0 Å². The molecule has 2 heterocycles. The van der Waals surface area contributed by atoms with E-state index in [0.29, 0.717) is 6.07 Å². The van der Waals surface area contributed by atoms with Gasteiger partial charge in [0.2, 0.25) is 0 Å². The van der Waals surface area contributed by atoms with E-state index in [9.17, 15) is 35.3 Å². The normalized spacial score (nSPS) is 18.9. The first-order valence-corrected chi connectivity index (χ1v) is 11.8. The zero-order valence-electron chi connectivity index (χ0n) is 17.3. The summed E-state index contributed by atoms with van der Waals surface area (Å²) in [6, 6.07) is 3.68. The number of hydrogen-bond donors (Lipinski definition) is 2. The maximum absolute atomic E-state index is 13.4. The van der Waals surface area contributed by atoms with Crippen LogP contribution in [0.25, 0.3) is 0 Å². The van der Waals surface area contributed by atoms with Crippen molar-refractivity contribution in [2.45, 2.75) is 23.5 Å². The number of pyridine rings is 1. The van der Waals surface area contributed by atoms with Gasteiger partial charge in [-0.05, 0) is 24.3 Å².